The summed E-state index contributed by atoms with van der Waals surface area (Å²) in [6.45, 7) is 2.59. The molecule has 1 heterocycles. The summed E-state index contributed by atoms with van der Waals surface area (Å²) >= 11 is 6.13. The number of aromatic nitrogens is 1. The number of nitrogens with one attached hydrogen (secondary N) is 1. The second-order valence-corrected chi connectivity index (χ2v) is 4.99. The molecule has 0 aliphatic heterocycles. The van der Waals surface area contributed by atoms with Gasteiger partial charge in [0.25, 0.3) is 0 Å². The van der Waals surface area contributed by atoms with Crippen molar-refractivity contribution in [2.45, 2.75) is 13.5 Å². The number of fused-ring (bicyclic) bond motifs is 1. The molecule has 0 saturated carbocycles. The van der Waals surface area contributed by atoms with E-state index in [1.165, 1.54) is 5.56 Å². The number of rotatable bonds is 3. The first-order valence-corrected chi connectivity index (χ1v) is 6.56. The number of H-pyrrole nitrogens is 1. The Hall–Kier alpha value is -1.93. The second-order valence-electron chi connectivity index (χ2n) is 4.58. The summed E-state index contributed by atoms with van der Waals surface area (Å²) in [5.41, 5.74) is 3.30. The van der Waals surface area contributed by atoms with Gasteiger partial charge in [-0.3, -0.25) is 0 Å². The molecule has 2 aromatic carbocycles. The molecule has 0 radical (unpaired) electrons. The Balaban J connectivity index is 1.82. The molecule has 1 aromatic heterocycles. The lowest BCUT2D eigenvalue weighted by atomic mass is 10.2. The first kappa shape index (κ1) is 12.1. The van der Waals surface area contributed by atoms with Gasteiger partial charge in [-0.1, -0.05) is 41.4 Å². The molecule has 0 bridgehead atoms. The molecule has 0 aliphatic carbocycles. The van der Waals surface area contributed by atoms with Crippen LogP contribution in [-0.4, -0.2) is 4.98 Å². The maximum absolute atomic E-state index is 6.13. The number of hydrogen-bond acceptors (Lipinski definition) is 1. The highest BCUT2D eigenvalue weighted by Gasteiger charge is 2.06. The summed E-state index contributed by atoms with van der Waals surface area (Å²) in [5.74, 6) is 0.877. The van der Waals surface area contributed by atoms with Crippen molar-refractivity contribution in [3.63, 3.8) is 0 Å². The van der Waals surface area contributed by atoms with Gasteiger partial charge in [-0.2, -0.15) is 0 Å². The number of aromatic amines is 1. The summed E-state index contributed by atoms with van der Waals surface area (Å²) in [7, 11) is 0. The van der Waals surface area contributed by atoms with Crippen LogP contribution in [0.15, 0.2) is 48.7 Å². The Morgan fingerprint density at radius 1 is 1.11 bits per heavy atom. The number of benzene rings is 2. The lowest BCUT2D eigenvalue weighted by molar-refractivity contribution is 0.307. The molecule has 0 spiro atoms. The van der Waals surface area contributed by atoms with Crippen LogP contribution in [0, 0.1) is 6.92 Å². The fourth-order valence-electron chi connectivity index (χ4n) is 2.09. The number of aryl methyl sites for hydroxylation is 1. The lowest BCUT2D eigenvalue weighted by Crippen LogP contribution is -1.94. The van der Waals surface area contributed by atoms with E-state index in [4.69, 9.17) is 16.3 Å². The third-order valence-corrected chi connectivity index (χ3v) is 3.48. The van der Waals surface area contributed by atoms with Gasteiger partial charge in [-0.15, -0.1) is 0 Å². The van der Waals surface area contributed by atoms with Gasteiger partial charge in [0.05, 0.1) is 10.5 Å². The minimum atomic E-state index is 0.531. The molecule has 0 saturated heterocycles. The van der Waals surface area contributed by atoms with E-state index in [1.807, 2.05) is 48.7 Å². The molecule has 3 aromatic rings. The molecule has 3 heteroatoms. The molecule has 0 atom stereocenters. The van der Waals surface area contributed by atoms with Crippen molar-refractivity contribution in [2.24, 2.45) is 0 Å². The summed E-state index contributed by atoms with van der Waals surface area (Å²) in [5, 5.41) is 1.85. The molecule has 0 fully saturated rings. The van der Waals surface area contributed by atoms with E-state index in [0.717, 1.165) is 27.2 Å². The summed E-state index contributed by atoms with van der Waals surface area (Å²) in [6.07, 6.45) is 1.95. The molecule has 3 rings (SSSR count). The Kier molecular flexibility index (Phi) is 3.18. The van der Waals surface area contributed by atoms with E-state index in [2.05, 4.69) is 11.9 Å². The zero-order chi connectivity index (χ0) is 13.2. The predicted molar refractivity (Wildman–Crippen MR) is 78.8 cm³/mol. The van der Waals surface area contributed by atoms with Crippen LogP contribution in [0.5, 0.6) is 5.75 Å². The van der Waals surface area contributed by atoms with Crippen molar-refractivity contribution < 1.29 is 4.74 Å². The van der Waals surface area contributed by atoms with Crippen molar-refractivity contribution >= 4 is 22.5 Å². The van der Waals surface area contributed by atoms with Crippen LogP contribution >= 0.6 is 11.6 Å². The van der Waals surface area contributed by atoms with Crippen molar-refractivity contribution in [1.29, 1.82) is 0 Å². The highest BCUT2D eigenvalue weighted by Crippen LogP contribution is 2.26. The third kappa shape index (κ3) is 2.45. The Bertz CT molecular complexity index is 700. The van der Waals surface area contributed by atoms with Gasteiger partial charge >= 0.3 is 0 Å². The van der Waals surface area contributed by atoms with Gasteiger partial charge in [-0.05, 0) is 25.1 Å². The van der Waals surface area contributed by atoms with Gasteiger partial charge < -0.3 is 9.72 Å². The van der Waals surface area contributed by atoms with Crippen LogP contribution in [0.2, 0.25) is 5.02 Å². The summed E-state index contributed by atoms with van der Waals surface area (Å²) in [6, 6.07) is 13.9. The fraction of sp³-hybridized carbons (Fsp3) is 0.125. The van der Waals surface area contributed by atoms with Gasteiger partial charge in [0.2, 0.25) is 0 Å². The van der Waals surface area contributed by atoms with E-state index in [1.54, 1.807) is 0 Å². The number of ether oxygens (including phenoxy) is 1. The van der Waals surface area contributed by atoms with Crippen molar-refractivity contribution in [2.75, 3.05) is 0 Å². The number of halogens is 1. The van der Waals surface area contributed by atoms with Crippen molar-refractivity contribution in [3.8, 4) is 5.75 Å². The van der Waals surface area contributed by atoms with Crippen LogP contribution in [0.1, 0.15) is 11.1 Å². The SMILES string of the molecule is Cc1ccc(OCc2c[nH]c3c(Cl)cccc23)cc1. The highest BCUT2D eigenvalue weighted by molar-refractivity contribution is 6.35. The fourth-order valence-corrected chi connectivity index (χ4v) is 2.32. The largest absolute Gasteiger partial charge is 0.489 e. The van der Waals surface area contributed by atoms with Crippen LogP contribution in [-0.2, 0) is 6.61 Å². The zero-order valence-corrected chi connectivity index (χ0v) is 11.4. The number of hydrogen-bond donors (Lipinski definition) is 1. The molecular formula is C16H14ClNO. The van der Waals surface area contributed by atoms with E-state index in [9.17, 15) is 0 Å². The maximum atomic E-state index is 6.13. The van der Waals surface area contributed by atoms with Crippen molar-refractivity contribution in [3.05, 3.63) is 64.8 Å². The minimum Gasteiger partial charge on any atom is -0.489 e. The predicted octanol–water partition coefficient (Wildman–Crippen LogP) is 4.71. The monoisotopic (exact) mass is 271 g/mol. The Labute approximate surface area is 117 Å². The van der Waals surface area contributed by atoms with Crippen LogP contribution in [0.4, 0.5) is 0 Å². The normalized spacial score (nSPS) is 10.8. The van der Waals surface area contributed by atoms with Gasteiger partial charge in [0.1, 0.15) is 12.4 Å². The smallest absolute Gasteiger partial charge is 0.119 e. The minimum absolute atomic E-state index is 0.531. The van der Waals surface area contributed by atoms with E-state index >= 15 is 0 Å². The highest BCUT2D eigenvalue weighted by atomic mass is 35.5. The third-order valence-electron chi connectivity index (χ3n) is 3.17. The second kappa shape index (κ2) is 4.98. The molecule has 0 amide bonds. The molecule has 0 unspecified atom stereocenters. The van der Waals surface area contributed by atoms with E-state index in [0.29, 0.717) is 6.61 Å². The zero-order valence-electron chi connectivity index (χ0n) is 10.6. The molecule has 1 N–H and O–H groups in total. The van der Waals surface area contributed by atoms with E-state index in [-0.39, 0.29) is 0 Å². The molecule has 19 heavy (non-hydrogen) atoms. The Morgan fingerprint density at radius 3 is 2.68 bits per heavy atom. The standard InChI is InChI=1S/C16H14ClNO/c1-11-5-7-13(8-6-11)19-10-12-9-18-16-14(12)3-2-4-15(16)17/h2-9,18H,10H2,1H3. The first-order chi connectivity index (χ1) is 9.24. The maximum Gasteiger partial charge on any atom is 0.119 e. The van der Waals surface area contributed by atoms with Crippen LogP contribution in [0.3, 0.4) is 0 Å². The average Bonchev–Trinajstić information content (AvgIpc) is 2.83. The molecule has 2 nitrogen and oxygen atoms in total. The van der Waals surface area contributed by atoms with Crippen molar-refractivity contribution in [1.82, 2.24) is 4.98 Å². The number of para-hydroxylation sites is 1. The van der Waals surface area contributed by atoms with Crippen LogP contribution in [0.25, 0.3) is 10.9 Å². The van der Waals surface area contributed by atoms with E-state index < -0.39 is 0 Å². The van der Waals surface area contributed by atoms with Crippen LogP contribution < -0.4 is 4.74 Å². The molecule has 96 valence electrons. The van der Waals surface area contributed by atoms with Gasteiger partial charge in [0.15, 0.2) is 0 Å². The van der Waals surface area contributed by atoms with Gasteiger partial charge in [-0.25, -0.2) is 0 Å². The quantitative estimate of drug-likeness (QED) is 0.733. The first-order valence-electron chi connectivity index (χ1n) is 6.18. The van der Waals surface area contributed by atoms with Gasteiger partial charge in [0, 0.05) is 17.1 Å². The molecular weight excluding hydrogens is 258 g/mol. The average molecular weight is 272 g/mol. The Morgan fingerprint density at radius 2 is 1.89 bits per heavy atom. The topological polar surface area (TPSA) is 25.0 Å². The summed E-state index contributed by atoms with van der Waals surface area (Å²) in [4.78, 5) is 3.19. The molecule has 0 aliphatic rings. The lowest BCUT2D eigenvalue weighted by Gasteiger charge is -2.05. The summed E-state index contributed by atoms with van der Waals surface area (Å²) < 4.78 is 5.79.